The Balaban J connectivity index is 2.28. The summed E-state index contributed by atoms with van der Waals surface area (Å²) >= 11 is 1.36. The number of fused-ring (bicyclic) bond motifs is 1. The van der Waals surface area contributed by atoms with Gasteiger partial charge in [-0.3, -0.25) is 19.9 Å². The molecule has 0 bridgehead atoms. The fourth-order valence-corrected chi connectivity index (χ4v) is 3.14. The van der Waals surface area contributed by atoms with E-state index >= 15 is 0 Å². The van der Waals surface area contributed by atoms with Crippen LogP contribution in [0.2, 0.25) is 0 Å². The Morgan fingerprint density at radius 3 is 2.68 bits per heavy atom. The van der Waals surface area contributed by atoms with Crippen molar-refractivity contribution >= 4 is 34.3 Å². The molecule has 2 rings (SSSR count). The third-order valence-electron chi connectivity index (χ3n) is 3.37. The number of hydrogen-bond donors (Lipinski definition) is 0. The summed E-state index contributed by atoms with van der Waals surface area (Å²) in [6.07, 6.45) is 1.60. The molecule has 0 saturated carbocycles. The summed E-state index contributed by atoms with van der Waals surface area (Å²) in [4.78, 5) is 29.5. The van der Waals surface area contributed by atoms with Gasteiger partial charge in [-0.05, 0) is 32.0 Å². The van der Waals surface area contributed by atoms with Crippen LogP contribution in [-0.4, -0.2) is 39.6 Å². The maximum Gasteiger partial charge on any atom is 0.278 e. The Morgan fingerprint density at radius 2 is 2.05 bits per heavy atom. The second kappa shape index (κ2) is 7.22. The van der Waals surface area contributed by atoms with Crippen LogP contribution < -0.4 is 0 Å². The largest absolute Gasteiger partial charge is 0.343 e. The Hall–Kier alpha value is -2.15. The highest BCUT2D eigenvalue weighted by Crippen LogP contribution is 2.32. The van der Waals surface area contributed by atoms with Gasteiger partial charge in [0.25, 0.3) is 5.69 Å². The Bertz CT molecular complexity index is 701. The van der Waals surface area contributed by atoms with Crippen LogP contribution in [0.1, 0.15) is 13.8 Å². The average Bonchev–Trinajstić information content (AvgIpc) is 2.53. The molecular formula is C15H17N3O3S. The lowest BCUT2D eigenvalue weighted by Gasteiger charge is -2.18. The zero-order valence-electron chi connectivity index (χ0n) is 12.5. The molecule has 0 aliphatic rings. The molecule has 6 nitrogen and oxygen atoms in total. The molecule has 0 spiro atoms. The number of rotatable bonds is 6. The van der Waals surface area contributed by atoms with Crippen molar-refractivity contribution in [2.45, 2.75) is 18.7 Å². The highest BCUT2D eigenvalue weighted by atomic mass is 32.2. The molecule has 0 saturated heterocycles. The number of nitro benzene ring substituents is 1. The minimum Gasteiger partial charge on any atom is -0.343 e. The molecule has 22 heavy (non-hydrogen) atoms. The molecule has 0 atom stereocenters. The van der Waals surface area contributed by atoms with Crippen LogP contribution in [0.25, 0.3) is 10.9 Å². The monoisotopic (exact) mass is 319 g/mol. The van der Waals surface area contributed by atoms with Crippen molar-refractivity contribution in [3.63, 3.8) is 0 Å². The number of non-ortho nitro benzene ring substituents is 1. The number of hydrogen-bond acceptors (Lipinski definition) is 5. The summed E-state index contributed by atoms with van der Waals surface area (Å²) in [6, 6.07) is 6.48. The summed E-state index contributed by atoms with van der Waals surface area (Å²) in [5.41, 5.74) is 0.594. The maximum absolute atomic E-state index is 12.1. The van der Waals surface area contributed by atoms with Crippen LogP contribution in [0.5, 0.6) is 0 Å². The van der Waals surface area contributed by atoms with E-state index in [2.05, 4.69) is 4.98 Å². The van der Waals surface area contributed by atoms with Gasteiger partial charge in [0, 0.05) is 30.2 Å². The van der Waals surface area contributed by atoms with Gasteiger partial charge < -0.3 is 4.90 Å². The number of carbonyl (C=O) groups is 1. The normalized spacial score (nSPS) is 10.6. The summed E-state index contributed by atoms with van der Waals surface area (Å²) in [6.45, 7) is 5.23. The number of pyridine rings is 1. The smallest absolute Gasteiger partial charge is 0.278 e. The van der Waals surface area contributed by atoms with Crippen molar-refractivity contribution < 1.29 is 9.72 Å². The molecular weight excluding hydrogens is 302 g/mol. The van der Waals surface area contributed by atoms with Gasteiger partial charge in [0.05, 0.1) is 21.6 Å². The van der Waals surface area contributed by atoms with E-state index in [9.17, 15) is 14.9 Å². The van der Waals surface area contributed by atoms with Crippen molar-refractivity contribution in [1.29, 1.82) is 0 Å². The van der Waals surface area contributed by atoms with Gasteiger partial charge in [-0.2, -0.15) is 0 Å². The van der Waals surface area contributed by atoms with Crippen LogP contribution in [0.15, 0.2) is 35.4 Å². The summed E-state index contributed by atoms with van der Waals surface area (Å²) in [5, 5.41) is 11.6. The van der Waals surface area contributed by atoms with Crippen LogP contribution in [0.3, 0.4) is 0 Å². The molecule has 0 unspecified atom stereocenters. The lowest BCUT2D eigenvalue weighted by Crippen LogP contribution is -2.31. The van der Waals surface area contributed by atoms with E-state index in [4.69, 9.17) is 0 Å². The minimum absolute atomic E-state index is 0.0301. The van der Waals surface area contributed by atoms with Crippen LogP contribution in [0, 0.1) is 10.1 Å². The van der Waals surface area contributed by atoms with Crippen LogP contribution in [-0.2, 0) is 4.79 Å². The molecule has 0 radical (unpaired) electrons. The van der Waals surface area contributed by atoms with Crippen molar-refractivity contribution in [3.05, 3.63) is 40.6 Å². The second-order valence-corrected chi connectivity index (χ2v) is 5.61. The van der Waals surface area contributed by atoms with E-state index in [0.29, 0.717) is 29.7 Å². The second-order valence-electron chi connectivity index (χ2n) is 4.59. The first-order valence-electron chi connectivity index (χ1n) is 7.01. The number of aromatic nitrogens is 1. The molecule has 1 heterocycles. The number of thioether (sulfide) groups is 1. The first-order chi connectivity index (χ1) is 10.6. The molecule has 2 aromatic rings. The van der Waals surface area contributed by atoms with Gasteiger partial charge in [-0.1, -0.05) is 0 Å². The van der Waals surface area contributed by atoms with Gasteiger partial charge >= 0.3 is 0 Å². The Labute approximate surface area is 132 Å². The molecule has 1 aromatic heterocycles. The predicted octanol–water partition coefficient (Wildman–Crippen LogP) is 3.10. The SMILES string of the molecule is CCN(CC)C(=O)CSc1ccc([N+](=O)[O-])c2cccnc12. The van der Waals surface area contributed by atoms with Crippen molar-refractivity contribution in [2.24, 2.45) is 0 Å². The minimum atomic E-state index is -0.417. The summed E-state index contributed by atoms with van der Waals surface area (Å²) < 4.78 is 0. The van der Waals surface area contributed by atoms with Crippen LogP contribution in [0.4, 0.5) is 5.69 Å². The van der Waals surface area contributed by atoms with E-state index in [-0.39, 0.29) is 11.6 Å². The zero-order chi connectivity index (χ0) is 16.1. The molecule has 7 heteroatoms. The molecule has 116 valence electrons. The fourth-order valence-electron chi connectivity index (χ4n) is 2.21. The summed E-state index contributed by atoms with van der Waals surface area (Å²) in [7, 11) is 0. The van der Waals surface area contributed by atoms with Crippen molar-refractivity contribution in [1.82, 2.24) is 9.88 Å². The topological polar surface area (TPSA) is 76.3 Å². The van der Waals surface area contributed by atoms with E-state index < -0.39 is 4.92 Å². The fraction of sp³-hybridized carbons (Fsp3) is 0.333. The van der Waals surface area contributed by atoms with Gasteiger partial charge in [0.2, 0.25) is 5.91 Å². The van der Waals surface area contributed by atoms with Crippen molar-refractivity contribution in [2.75, 3.05) is 18.8 Å². The van der Waals surface area contributed by atoms with E-state index in [1.54, 1.807) is 29.3 Å². The zero-order valence-corrected chi connectivity index (χ0v) is 13.3. The van der Waals surface area contributed by atoms with E-state index in [1.807, 2.05) is 13.8 Å². The standard InChI is InChI=1S/C15H17N3O3S/c1-3-17(4-2)14(19)10-22-13-8-7-12(18(20)21)11-6-5-9-16-15(11)13/h5-9H,3-4,10H2,1-2H3. The van der Waals surface area contributed by atoms with Gasteiger partial charge in [0.1, 0.15) is 0 Å². The number of nitro groups is 1. The van der Waals surface area contributed by atoms with E-state index in [1.165, 1.54) is 17.8 Å². The Kier molecular flexibility index (Phi) is 5.32. The molecule has 0 N–H and O–H groups in total. The molecule has 0 aliphatic heterocycles. The summed E-state index contributed by atoms with van der Waals surface area (Å²) in [5.74, 6) is 0.350. The molecule has 1 amide bonds. The highest BCUT2D eigenvalue weighted by molar-refractivity contribution is 8.00. The third-order valence-corrected chi connectivity index (χ3v) is 4.41. The predicted molar refractivity (Wildman–Crippen MR) is 87.0 cm³/mol. The quantitative estimate of drug-likeness (QED) is 0.464. The van der Waals surface area contributed by atoms with Gasteiger partial charge in [-0.25, -0.2) is 0 Å². The Morgan fingerprint density at radius 1 is 1.32 bits per heavy atom. The molecule has 1 aromatic carbocycles. The van der Waals surface area contributed by atoms with Crippen molar-refractivity contribution in [3.8, 4) is 0 Å². The van der Waals surface area contributed by atoms with Crippen LogP contribution >= 0.6 is 11.8 Å². The first kappa shape index (κ1) is 16.2. The van der Waals surface area contributed by atoms with Gasteiger partial charge in [0.15, 0.2) is 0 Å². The average molecular weight is 319 g/mol. The third kappa shape index (κ3) is 3.36. The number of amides is 1. The number of carbonyl (C=O) groups excluding carboxylic acids is 1. The molecule has 0 aliphatic carbocycles. The first-order valence-corrected chi connectivity index (χ1v) is 7.99. The lowest BCUT2D eigenvalue weighted by molar-refractivity contribution is -0.383. The lowest BCUT2D eigenvalue weighted by atomic mass is 10.2. The van der Waals surface area contributed by atoms with Gasteiger partial charge in [-0.15, -0.1) is 11.8 Å². The number of nitrogens with zero attached hydrogens (tertiary/aromatic N) is 3. The highest BCUT2D eigenvalue weighted by Gasteiger charge is 2.16. The van der Waals surface area contributed by atoms with E-state index in [0.717, 1.165) is 4.90 Å². The maximum atomic E-state index is 12.1. The molecule has 0 fully saturated rings. The number of benzene rings is 1.